The van der Waals surface area contributed by atoms with Crippen molar-refractivity contribution in [1.82, 2.24) is 0 Å². The van der Waals surface area contributed by atoms with Gasteiger partial charge in [-0.2, -0.15) is 0 Å². The fraction of sp³-hybridized carbons (Fsp3) is 0.286. The molecule has 2 aliphatic carbocycles. The van der Waals surface area contributed by atoms with Gasteiger partial charge in [0, 0.05) is 16.0 Å². The van der Waals surface area contributed by atoms with Gasteiger partial charge >= 0.3 is 5.97 Å². The maximum Gasteiger partial charge on any atom is 0.335 e. The van der Waals surface area contributed by atoms with Crippen molar-refractivity contribution in [2.24, 2.45) is 29.1 Å². The molecule has 234 valence electrons. The second kappa shape index (κ2) is 10.7. The Balaban J connectivity index is 1.39. The zero-order chi connectivity index (χ0) is 32.7. The first-order valence-electron chi connectivity index (χ1n) is 14.9. The molecule has 6 atom stereocenters. The van der Waals surface area contributed by atoms with Gasteiger partial charge in [-0.3, -0.25) is 24.1 Å². The summed E-state index contributed by atoms with van der Waals surface area (Å²) in [6.45, 7) is 1.74. The molecule has 3 aromatic rings. The lowest BCUT2D eigenvalue weighted by atomic mass is 9.51. The first kappa shape index (κ1) is 29.9. The number of allylic oxidation sites excluding steroid dienone is 2. The van der Waals surface area contributed by atoms with Gasteiger partial charge in [0.05, 0.1) is 47.2 Å². The van der Waals surface area contributed by atoms with Crippen LogP contribution < -0.4 is 14.5 Å². The number of benzene rings is 3. The minimum atomic E-state index is -1.34. The maximum atomic E-state index is 14.5. The molecule has 10 nitrogen and oxygen atoms in total. The lowest BCUT2D eigenvalue weighted by Gasteiger charge is -2.49. The van der Waals surface area contributed by atoms with E-state index in [2.05, 4.69) is 15.9 Å². The number of nitrogens with zero attached hydrogens (tertiary/aromatic N) is 2. The van der Waals surface area contributed by atoms with Crippen LogP contribution in [0.4, 0.5) is 11.4 Å². The number of anilines is 2. The number of aromatic carboxylic acids is 1. The van der Waals surface area contributed by atoms with Gasteiger partial charge in [-0.1, -0.05) is 51.8 Å². The van der Waals surface area contributed by atoms with Crippen molar-refractivity contribution in [2.45, 2.75) is 25.7 Å². The van der Waals surface area contributed by atoms with Crippen molar-refractivity contribution >= 4 is 56.9 Å². The molecule has 0 aromatic heterocycles. The summed E-state index contributed by atoms with van der Waals surface area (Å²) in [5, 5.41) is 21.0. The number of aromatic hydroxyl groups is 1. The van der Waals surface area contributed by atoms with Gasteiger partial charge in [-0.05, 0) is 68.1 Å². The number of fused-ring (bicyclic) bond motifs is 4. The number of carboxylic acids is 1. The standard InChI is InChI=1S/C35H29BrN2O8/c1-35-25(31(41)38(34(35)45)19-8-4-3-5-9-19)16-23-21(28(35)24-14-18(36)15-26(46-2)29(24)39)11-12-22-27(23)32(42)37(30(22)40)20-10-6-7-17(13-20)33(43)44/h3-11,13-15,22-23,25,27-28,39H,12,16H2,1-2H3,(H,43,44). The molecule has 6 unspecified atom stereocenters. The van der Waals surface area contributed by atoms with E-state index in [0.29, 0.717) is 21.3 Å². The molecule has 3 aromatic carbocycles. The minimum Gasteiger partial charge on any atom is -0.504 e. The predicted octanol–water partition coefficient (Wildman–Crippen LogP) is 5.30. The van der Waals surface area contributed by atoms with Gasteiger partial charge in [-0.25, -0.2) is 9.69 Å². The minimum absolute atomic E-state index is 0.0598. The van der Waals surface area contributed by atoms with Crippen LogP contribution in [-0.2, 0) is 19.2 Å². The van der Waals surface area contributed by atoms with E-state index in [1.807, 2.05) is 6.08 Å². The lowest BCUT2D eigenvalue weighted by Crippen LogP contribution is -2.49. The molecule has 4 aliphatic rings. The average molecular weight is 686 g/mol. The fourth-order valence-electron chi connectivity index (χ4n) is 8.19. The van der Waals surface area contributed by atoms with Crippen LogP contribution in [0.3, 0.4) is 0 Å². The van der Waals surface area contributed by atoms with E-state index < -0.39 is 64.6 Å². The van der Waals surface area contributed by atoms with Crippen molar-refractivity contribution < 1.29 is 38.9 Å². The molecule has 46 heavy (non-hydrogen) atoms. The van der Waals surface area contributed by atoms with E-state index in [1.54, 1.807) is 49.4 Å². The van der Waals surface area contributed by atoms with Crippen LogP contribution >= 0.6 is 15.9 Å². The number of imide groups is 2. The summed E-state index contributed by atoms with van der Waals surface area (Å²) in [6, 6.07) is 17.7. The van der Waals surface area contributed by atoms with E-state index in [-0.39, 0.29) is 35.6 Å². The van der Waals surface area contributed by atoms with Crippen molar-refractivity contribution in [1.29, 1.82) is 0 Å². The number of amides is 4. The summed E-state index contributed by atoms with van der Waals surface area (Å²) >= 11 is 3.50. The number of rotatable bonds is 5. The number of para-hydroxylation sites is 1. The molecular weight excluding hydrogens is 656 g/mol. The number of phenols is 1. The van der Waals surface area contributed by atoms with Crippen molar-refractivity contribution in [3.63, 3.8) is 0 Å². The molecule has 2 saturated heterocycles. The second-order valence-corrected chi connectivity index (χ2v) is 13.3. The quantitative estimate of drug-likeness (QED) is 0.273. The average Bonchev–Trinajstić information content (AvgIpc) is 3.42. The highest BCUT2D eigenvalue weighted by Crippen LogP contribution is 2.65. The smallest absolute Gasteiger partial charge is 0.335 e. The number of carbonyl (C=O) groups excluding carboxylic acids is 4. The predicted molar refractivity (Wildman–Crippen MR) is 169 cm³/mol. The van der Waals surface area contributed by atoms with Gasteiger partial charge in [0.2, 0.25) is 23.6 Å². The summed E-state index contributed by atoms with van der Waals surface area (Å²) in [5.41, 5.74) is 0.261. The van der Waals surface area contributed by atoms with E-state index in [4.69, 9.17) is 4.74 Å². The van der Waals surface area contributed by atoms with Crippen molar-refractivity contribution in [2.75, 3.05) is 16.9 Å². The molecule has 11 heteroatoms. The van der Waals surface area contributed by atoms with Crippen LogP contribution in [0.25, 0.3) is 0 Å². The number of hydrogen-bond donors (Lipinski definition) is 2. The number of carbonyl (C=O) groups is 5. The molecule has 2 N–H and O–H groups in total. The largest absolute Gasteiger partial charge is 0.504 e. The lowest BCUT2D eigenvalue weighted by molar-refractivity contribution is -0.131. The Labute approximate surface area is 272 Å². The van der Waals surface area contributed by atoms with Crippen molar-refractivity contribution in [3.05, 3.63) is 94.0 Å². The summed E-state index contributed by atoms with van der Waals surface area (Å²) in [4.78, 5) is 70.8. The van der Waals surface area contributed by atoms with E-state index >= 15 is 0 Å². The Morgan fingerprint density at radius 1 is 0.913 bits per heavy atom. The number of phenolic OH excluding ortho intramolecular Hbond substituents is 1. The zero-order valence-corrected chi connectivity index (χ0v) is 26.4. The Kier molecular flexibility index (Phi) is 6.93. The number of ether oxygens (including phenoxy) is 1. The Hall–Kier alpha value is -4.77. The Morgan fingerprint density at radius 3 is 2.33 bits per heavy atom. The third-order valence-electron chi connectivity index (χ3n) is 10.2. The number of hydrogen-bond acceptors (Lipinski definition) is 7. The van der Waals surface area contributed by atoms with E-state index in [0.717, 1.165) is 4.90 Å². The van der Waals surface area contributed by atoms with Crippen LogP contribution in [-0.4, -0.2) is 46.9 Å². The van der Waals surface area contributed by atoms with E-state index in [9.17, 15) is 34.2 Å². The van der Waals surface area contributed by atoms with Crippen LogP contribution in [0.15, 0.2) is 82.9 Å². The maximum absolute atomic E-state index is 14.5. The Bertz CT molecular complexity index is 1890. The van der Waals surface area contributed by atoms with Crippen LogP contribution in [0.5, 0.6) is 11.5 Å². The van der Waals surface area contributed by atoms with Crippen LogP contribution in [0.1, 0.15) is 41.6 Å². The number of halogens is 1. The molecule has 0 bridgehead atoms. The van der Waals surface area contributed by atoms with Gasteiger partial charge < -0.3 is 14.9 Å². The molecule has 4 amide bonds. The SMILES string of the molecule is COc1cc(Br)cc(C2C3=CCC4C(=O)N(c5cccc(C(=O)O)c5)C(=O)C4C3CC3C(=O)N(c4ccccc4)C(=O)C32C)c1O. The first-order chi connectivity index (χ1) is 22.0. The molecule has 0 radical (unpaired) electrons. The summed E-state index contributed by atoms with van der Waals surface area (Å²) in [5.74, 6) is -6.84. The molecule has 7 rings (SSSR count). The van der Waals surface area contributed by atoms with Gasteiger partial charge in [0.25, 0.3) is 0 Å². The molecule has 1 saturated carbocycles. The monoisotopic (exact) mass is 684 g/mol. The number of methoxy groups -OCH3 is 1. The third kappa shape index (κ3) is 4.10. The molecule has 3 fully saturated rings. The van der Waals surface area contributed by atoms with Crippen molar-refractivity contribution in [3.8, 4) is 11.5 Å². The highest BCUT2D eigenvalue weighted by atomic mass is 79.9. The van der Waals surface area contributed by atoms with Gasteiger partial charge in [-0.15, -0.1) is 0 Å². The topological polar surface area (TPSA) is 142 Å². The summed E-state index contributed by atoms with van der Waals surface area (Å²) < 4.78 is 6.04. The third-order valence-corrected chi connectivity index (χ3v) is 10.7. The van der Waals surface area contributed by atoms with Crippen LogP contribution in [0.2, 0.25) is 0 Å². The summed E-state index contributed by atoms with van der Waals surface area (Å²) in [6.07, 6.45) is 2.22. The van der Waals surface area contributed by atoms with E-state index in [1.165, 1.54) is 36.3 Å². The summed E-state index contributed by atoms with van der Waals surface area (Å²) in [7, 11) is 1.42. The molecule has 0 spiro atoms. The highest BCUT2D eigenvalue weighted by Gasteiger charge is 2.68. The molecular formula is C35H29BrN2O8. The van der Waals surface area contributed by atoms with Gasteiger partial charge in [0.1, 0.15) is 0 Å². The fourth-order valence-corrected chi connectivity index (χ4v) is 8.64. The highest BCUT2D eigenvalue weighted by molar-refractivity contribution is 9.10. The Morgan fingerprint density at radius 2 is 1.63 bits per heavy atom. The number of carboxylic acid groups (broad SMARTS) is 1. The molecule has 2 aliphatic heterocycles. The second-order valence-electron chi connectivity index (χ2n) is 12.4. The normalized spacial score (nSPS) is 28.5. The first-order valence-corrected chi connectivity index (χ1v) is 15.7. The van der Waals surface area contributed by atoms with Gasteiger partial charge in [0.15, 0.2) is 11.5 Å². The zero-order valence-electron chi connectivity index (χ0n) is 24.8. The van der Waals surface area contributed by atoms with Crippen LogP contribution in [0, 0.1) is 29.1 Å². The molecule has 2 heterocycles.